The summed E-state index contributed by atoms with van der Waals surface area (Å²) in [4.78, 5) is 11.9. The molecule has 0 saturated carbocycles. The third-order valence-corrected chi connectivity index (χ3v) is 3.57. The van der Waals surface area contributed by atoms with Crippen LogP contribution in [0.2, 0.25) is 0 Å². The van der Waals surface area contributed by atoms with E-state index in [9.17, 15) is 13.2 Å². The lowest BCUT2D eigenvalue weighted by Crippen LogP contribution is -2.29. The fourth-order valence-corrected chi connectivity index (χ4v) is 2.37. The smallest absolute Gasteiger partial charge is 0.252 e. The topological polar surface area (TPSA) is 89.3 Å². The van der Waals surface area contributed by atoms with E-state index in [1.807, 2.05) is 6.92 Å². The molecule has 1 unspecified atom stereocenters. The molecule has 0 aliphatic rings. The molecule has 5 nitrogen and oxygen atoms in total. The monoisotopic (exact) mass is 270 g/mol. The van der Waals surface area contributed by atoms with E-state index in [0.717, 1.165) is 6.26 Å². The van der Waals surface area contributed by atoms with Crippen molar-refractivity contribution in [3.05, 3.63) is 29.8 Å². The molecule has 0 aliphatic heterocycles. The lowest BCUT2D eigenvalue weighted by Gasteiger charge is -2.09. The van der Waals surface area contributed by atoms with E-state index in [1.54, 1.807) is 12.1 Å². The van der Waals surface area contributed by atoms with E-state index in [-0.39, 0.29) is 16.5 Å². The molecule has 0 spiro atoms. The first-order valence-electron chi connectivity index (χ1n) is 5.65. The van der Waals surface area contributed by atoms with Gasteiger partial charge in [-0.3, -0.25) is 4.79 Å². The van der Waals surface area contributed by atoms with Gasteiger partial charge >= 0.3 is 0 Å². The van der Waals surface area contributed by atoms with Crippen LogP contribution in [0.5, 0.6) is 0 Å². The van der Waals surface area contributed by atoms with Crippen LogP contribution in [0.3, 0.4) is 0 Å². The Balaban J connectivity index is 2.87. The van der Waals surface area contributed by atoms with E-state index in [2.05, 4.69) is 5.32 Å². The van der Waals surface area contributed by atoms with Crippen LogP contribution < -0.4 is 11.1 Å². The zero-order valence-corrected chi connectivity index (χ0v) is 11.3. The third kappa shape index (κ3) is 4.12. The van der Waals surface area contributed by atoms with Crippen molar-refractivity contribution in [2.45, 2.75) is 24.3 Å². The van der Waals surface area contributed by atoms with Crippen LogP contribution in [0.25, 0.3) is 0 Å². The van der Waals surface area contributed by atoms with Gasteiger partial charge in [-0.05, 0) is 25.5 Å². The summed E-state index contributed by atoms with van der Waals surface area (Å²) in [6.07, 6.45) is 1.73. The van der Waals surface area contributed by atoms with E-state index in [1.165, 1.54) is 12.1 Å². The highest BCUT2D eigenvalue weighted by molar-refractivity contribution is 7.90. The highest BCUT2D eigenvalue weighted by atomic mass is 32.2. The Kier molecular flexibility index (Phi) is 4.86. The first kappa shape index (κ1) is 14.7. The maximum Gasteiger partial charge on any atom is 0.252 e. The molecule has 18 heavy (non-hydrogen) atoms. The molecule has 1 amide bonds. The summed E-state index contributed by atoms with van der Waals surface area (Å²) in [7, 11) is -3.41. The molecule has 1 aromatic rings. The zero-order valence-electron chi connectivity index (χ0n) is 10.5. The van der Waals surface area contributed by atoms with E-state index < -0.39 is 15.7 Å². The molecule has 1 atom stereocenters. The largest absolute Gasteiger partial charge is 0.352 e. The van der Waals surface area contributed by atoms with Gasteiger partial charge < -0.3 is 11.1 Å². The Labute approximate surface area is 107 Å². The number of carbonyl (C=O) groups excluding carboxylic acids is 1. The number of benzene rings is 1. The van der Waals surface area contributed by atoms with Crippen LogP contribution in [-0.2, 0) is 9.84 Å². The van der Waals surface area contributed by atoms with Gasteiger partial charge in [-0.2, -0.15) is 0 Å². The minimum absolute atomic E-state index is 0.00421. The van der Waals surface area contributed by atoms with E-state index >= 15 is 0 Å². The van der Waals surface area contributed by atoms with Gasteiger partial charge in [0, 0.05) is 18.8 Å². The van der Waals surface area contributed by atoms with Crippen molar-refractivity contribution in [3.8, 4) is 0 Å². The van der Waals surface area contributed by atoms with Crippen molar-refractivity contribution >= 4 is 15.7 Å². The van der Waals surface area contributed by atoms with E-state index in [4.69, 9.17) is 5.73 Å². The summed E-state index contributed by atoms with van der Waals surface area (Å²) < 4.78 is 23.1. The van der Waals surface area contributed by atoms with Crippen molar-refractivity contribution in [2.24, 2.45) is 5.73 Å². The number of rotatable bonds is 5. The molecular formula is C12H18N2O3S. The molecule has 0 saturated heterocycles. The highest BCUT2D eigenvalue weighted by Gasteiger charge is 2.17. The second-order valence-corrected chi connectivity index (χ2v) is 6.27. The number of carbonyl (C=O) groups is 1. The molecule has 3 N–H and O–H groups in total. The van der Waals surface area contributed by atoms with Crippen molar-refractivity contribution in [3.63, 3.8) is 0 Å². The fourth-order valence-electron chi connectivity index (χ4n) is 1.49. The third-order valence-electron chi connectivity index (χ3n) is 2.42. The quantitative estimate of drug-likeness (QED) is 0.818. The van der Waals surface area contributed by atoms with Crippen LogP contribution in [0.4, 0.5) is 0 Å². The van der Waals surface area contributed by atoms with Gasteiger partial charge in [-0.15, -0.1) is 0 Å². The van der Waals surface area contributed by atoms with Crippen molar-refractivity contribution < 1.29 is 13.2 Å². The molecule has 1 rings (SSSR count). The predicted molar refractivity (Wildman–Crippen MR) is 70.2 cm³/mol. The van der Waals surface area contributed by atoms with Crippen LogP contribution >= 0.6 is 0 Å². The summed E-state index contributed by atoms with van der Waals surface area (Å²) in [6.45, 7) is 2.27. The molecule has 0 heterocycles. The summed E-state index contributed by atoms with van der Waals surface area (Å²) in [6, 6.07) is 6.15. The van der Waals surface area contributed by atoms with Crippen LogP contribution in [0.1, 0.15) is 23.7 Å². The second-order valence-electron chi connectivity index (χ2n) is 4.29. The Morgan fingerprint density at radius 1 is 1.39 bits per heavy atom. The normalized spacial score (nSPS) is 13.1. The molecule has 0 bridgehead atoms. The van der Waals surface area contributed by atoms with Gasteiger partial charge in [-0.25, -0.2) is 8.42 Å². The number of amides is 1. The molecular weight excluding hydrogens is 252 g/mol. The Morgan fingerprint density at radius 2 is 2.00 bits per heavy atom. The van der Waals surface area contributed by atoms with Crippen LogP contribution in [-0.4, -0.2) is 33.2 Å². The van der Waals surface area contributed by atoms with E-state index in [0.29, 0.717) is 13.0 Å². The minimum Gasteiger partial charge on any atom is -0.352 e. The average molecular weight is 270 g/mol. The molecule has 100 valence electrons. The molecule has 0 aliphatic carbocycles. The predicted octanol–water partition coefficient (Wildman–Crippen LogP) is 0.557. The molecule has 0 fully saturated rings. The number of hydrogen-bond donors (Lipinski definition) is 2. The maximum atomic E-state index is 11.9. The highest BCUT2D eigenvalue weighted by Crippen LogP contribution is 2.14. The Bertz CT molecular complexity index is 524. The summed E-state index contributed by atoms with van der Waals surface area (Å²) in [5.41, 5.74) is 5.74. The Morgan fingerprint density at radius 3 is 2.56 bits per heavy atom. The zero-order chi connectivity index (χ0) is 13.8. The summed E-state index contributed by atoms with van der Waals surface area (Å²) in [5.74, 6) is -0.392. The van der Waals surface area contributed by atoms with Gasteiger partial charge in [-0.1, -0.05) is 12.1 Å². The lowest BCUT2D eigenvalue weighted by molar-refractivity contribution is 0.0949. The number of hydrogen-bond acceptors (Lipinski definition) is 4. The van der Waals surface area contributed by atoms with Crippen LogP contribution in [0.15, 0.2) is 29.2 Å². The lowest BCUT2D eigenvalue weighted by atomic mass is 10.2. The number of nitrogens with two attached hydrogens (primary N) is 1. The first-order valence-corrected chi connectivity index (χ1v) is 7.54. The maximum absolute atomic E-state index is 11.9. The molecule has 6 heteroatoms. The average Bonchev–Trinajstić information content (AvgIpc) is 2.27. The fraction of sp³-hybridized carbons (Fsp3) is 0.417. The van der Waals surface area contributed by atoms with Crippen molar-refractivity contribution in [2.75, 3.05) is 12.8 Å². The first-order chi connectivity index (χ1) is 8.32. The molecule has 1 aromatic carbocycles. The van der Waals surface area contributed by atoms with Crippen LogP contribution in [0, 0.1) is 0 Å². The Hall–Kier alpha value is -1.40. The van der Waals surface area contributed by atoms with Gasteiger partial charge in [0.25, 0.3) is 5.91 Å². The number of sulfone groups is 1. The van der Waals surface area contributed by atoms with Gasteiger partial charge in [0.1, 0.15) is 0 Å². The second kappa shape index (κ2) is 5.97. The standard InChI is InChI=1S/C12H18N2O3S/c1-9(13)7-8-14-12(15)10-5-3-4-6-11(10)18(2,16)17/h3-6,9H,7-8,13H2,1-2H3,(H,14,15). The SMILES string of the molecule is CC(N)CCNC(=O)c1ccccc1S(C)(=O)=O. The molecule has 0 aromatic heterocycles. The number of nitrogens with one attached hydrogen (secondary N) is 1. The van der Waals surface area contributed by atoms with Gasteiger partial charge in [0.05, 0.1) is 10.5 Å². The van der Waals surface area contributed by atoms with Gasteiger partial charge in [0.15, 0.2) is 9.84 Å². The van der Waals surface area contributed by atoms with Crippen molar-refractivity contribution in [1.82, 2.24) is 5.32 Å². The summed E-state index contributed by atoms with van der Waals surface area (Å²) >= 11 is 0. The van der Waals surface area contributed by atoms with Crippen molar-refractivity contribution in [1.29, 1.82) is 0 Å². The van der Waals surface area contributed by atoms with Gasteiger partial charge in [0.2, 0.25) is 0 Å². The molecule has 0 radical (unpaired) electrons. The minimum atomic E-state index is -3.41. The summed E-state index contributed by atoms with van der Waals surface area (Å²) in [5, 5.41) is 2.66.